The fourth-order valence-electron chi connectivity index (χ4n) is 4.52. The minimum atomic E-state index is -2.96. The van der Waals surface area contributed by atoms with Gasteiger partial charge in [-0.15, -0.1) is 0 Å². The Hall–Kier alpha value is -2.71. The summed E-state index contributed by atoms with van der Waals surface area (Å²) in [5.74, 6) is -2.91. The van der Waals surface area contributed by atoms with Gasteiger partial charge in [0.05, 0.1) is 24.9 Å². The van der Waals surface area contributed by atoms with Crippen molar-refractivity contribution < 1.29 is 28.2 Å². The Labute approximate surface area is 185 Å². The van der Waals surface area contributed by atoms with Crippen LogP contribution in [0.3, 0.4) is 0 Å². The van der Waals surface area contributed by atoms with Gasteiger partial charge in [-0.2, -0.15) is 0 Å². The van der Waals surface area contributed by atoms with Crippen LogP contribution in [0.2, 0.25) is 0 Å². The molecular formula is C24H28F2N2O4. The Morgan fingerprint density at radius 2 is 2.03 bits per heavy atom. The second-order valence-electron chi connectivity index (χ2n) is 8.39. The van der Waals surface area contributed by atoms with Crippen LogP contribution in [-0.4, -0.2) is 37.1 Å². The second kappa shape index (κ2) is 9.42. The van der Waals surface area contributed by atoms with E-state index in [0.717, 1.165) is 24.6 Å². The lowest BCUT2D eigenvalue weighted by Crippen LogP contribution is -2.41. The number of hydrogen-bond acceptors (Lipinski definition) is 5. The van der Waals surface area contributed by atoms with Crippen molar-refractivity contribution in [1.29, 1.82) is 0 Å². The normalized spacial score (nSPS) is 24.6. The fraction of sp³-hybridized carbons (Fsp3) is 0.458. The number of alkyl carbamates (subject to hydrolysis) is 1. The van der Waals surface area contributed by atoms with Gasteiger partial charge in [-0.1, -0.05) is 36.4 Å². The van der Waals surface area contributed by atoms with E-state index in [0.29, 0.717) is 12.0 Å². The summed E-state index contributed by atoms with van der Waals surface area (Å²) < 4.78 is 39.6. The summed E-state index contributed by atoms with van der Waals surface area (Å²) in [5, 5.41) is 14.8. The third-order valence-electron chi connectivity index (χ3n) is 6.09. The number of carbonyl (C=O) groups is 1. The van der Waals surface area contributed by atoms with Gasteiger partial charge < -0.3 is 25.2 Å². The second-order valence-corrected chi connectivity index (χ2v) is 8.39. The van der Waals surface area contributed by atoms with Crippen LogP contribution in [0.1, 0.15) is 48.6 Å². The molecule has 0 aliphatic carbocycles. The minimum Gasteiger partial charge on any atom is -0.447 e. The number of hydrogen-bond donors (Lipinski definition) is 3. The molecule has 172 valence electrons. The van der Waals surface area contributed by atoms with Gasteiger partial charge in [0.15, 0.2) is 0 Å². The Morgan fingerprint density at radius 3 is 2.75 bits per heavy atom. The van der Waals surface area contributed by atoms with E-state index in [1.165, 1.54) is 12.1 Å². The van der Waals surface area contributed by atoms with Crippen LogP contribution in [0.25, 0.3) is 0 Å². The highest BCUT2D eigenvalue weighted by atomic mass is 19.3. The highest BCUT2D eigenvalue weighted by Crippen LogP contribution is 2.51. The van der Waals surface area contributed by atoms with Gasteiger partial charge in [-0.3, -0.25) is 0 Å². The molecule has 3 unspecified atom stereocenters. The molecule has 8 heteroatoms. The summed E-state index contributed by atoms with van der Waals surface area (Å²) in [6.07, 6.45) is 0.102. The molecule has 0 saturated carbocycles. The van der Waals surface area contributed by atoms with Crippen molar-refractivity contribution in [3.63, 3.8) is 0 Å². The lowest BCUT2D eigenvalue weighted by Gasteiger charge is -2.45. The number of amides is 1. The molecule has 4 atom stereocenters. The molecule has 4 rings (SSSR count). The molecule has 2 heterocycles. The maximum absolute atomic E-state index is 14.0. The summed E-state index contributed by atoms with van der Waals surface area (Å²) in [7, 11) is 0. The van der Waals surface area contributed by atoms with Crippen LogP contribution < -0.4 is 10.6 Å². The SMILES string of the molecule is CC(F)(F)c1ccc2c(c1)C1OC(COC(=O)NCCO)CCC1[C@H](c1ccccc1)N2. The first-order chi connectivity index (χ1) is 15.4. The first-order valence-electron chi connectivity index (χ1n) is 10.9. The molecule has 1 amide bonds. The van der Waals surface area contributed by atoms with Gasteiger partial charge in [0.25, 0.3) is 5.92 Å². The molecule has 1 saturated heterocycles. The molecule has 2 aliphatic heterocycles. The maximum atomic E-state index is 14.0. The van der Waals surface area contributed by atoms with Crippen molar-refractivity contribution in [2.24, 2.45) is 5.92 Å². The summed E-state index contributed by atoms with van der Waals surface area (Å²) in [5.41, 5.74) is 2.53. The summed E-state index contributed by atoms with van der Waals surface area (Å²) in [4.78, 5) is 11.7. The summed E-state index contributed by atoms with van der Waals surface area (Å²) in [6.45, 7) is 0.885. The molecule has 32 heavy (non-hydrogen) atoms. The van der Waals surface area contributed by atoms with Crippen LogP contribution >= 0.6 is 0 Å². The van der Waals surface area contributed by atoms with Gasteiger partial charge in [0.1, 0.15) is 6.61 Å². The van der Waals surface area contributed by atoms with E-state index in [9.17, 15) is 13.6 Å². The number of benzene rings is 2. The molecule has 2 aromatic carbocycles. The van der Waals surface area contributed by atoms with Crippen LogP contribution in [0.4, 0.5) is 19.3 Å². The van der Waals surface area contributed by atoms with Gasteiger partial charge in [0, 0.05) is 36.2 Å². The number of alkyl halides is 2. The van der Waals surface area contributed by atoms with E-state index < -0.39 is 18.1 Å². The fourth-order valence-corrected chi connectivity index (χ4v) is 4.52. The van der Waals surface area contributed by atoms with E-state index >= 15 is 0 Å². The number of halogens is 2. The lowest BCUT2D eigenvalue weighted by atomic mass is 9.76. The van der Waals surface area contributed by atoms with Crippen molar-refractivity contribution in [2.45, 2.75) is 43.9 Å². The number of anilines is 1. The molecule has 2 aromatic rings. The molecule has 0 spiro atoms. The topological polar surface area (TPSA) is 79.8 Å². The Bertz CT molecular complexity index is 935. The predicted molar refractivity (Wildman–Crippen MR) is 116 cm³/mol. The minimum absolute atomic E-state index is 0.0172. The molecule has 1 fully saturated rings. The van der Waals surface area contributed by atoms with Crippen molar-refractivity contribution in [1.82, 2.24) is 5.32 Å². The molecule has 0 radical (unpaired) electrons. The van der Waals surface area contributed by atoms with Gasteiger partial charge >= 0.3 is 6.09 Å². The number of aliphatic hydroxyl groups excluding tert-OH is 1. The molecule has 3 N–H and O–H groups in total. The van der Waals surface area contributed by atoms with E-state index in [2.05, 4.69) is 22.8 Å². The highest BCUT2D eigenvalue weighted by Gasteiger charge is 2.43. The highest BCUT2D eigenvalue weighted by molar-refractivity contribution is 5.67. The number of nitrogens with one attached hydrogen (secondary N) is 2. The molecular weight excluding hydrogens is 418 g/mol. The number of ether oxygens (including phenoxy) is 2. The average Bonchev–Trinajstić information content (AvgIpc) is 2.80. The zero-order chi connectivity index (χ0) is 22.7. The predicted octanol–water partition coefficient (Wildman–Crippen LogP) is 4.52. The number of fused-ring (bicyclic) bond motifs is 3. The monoisotopic (exact) mass is 446 g/mol. The number of aliphatic hydroxyl groups is 1. The summed E-state index contributed by atoms with van der Waals surface area (Å²) >= 11 is 0. The van der Waals surface area contributed by atoms with Gasteiger partial charge in [-0.25, -0.2) is 13.6 Å². The van der Waals surface area contributed by atoms with Crippen LogP contribution in [-0.2, 0) is 15.4 Å². The van der Waals surface area contributed by atoms with E-state index in [1.54, 1.807) is 6.07 Å². The molecule has 0 aromatic heterocycles. The standard InChI is InChI=1S/C24H28F2N2O4/c1-24(25,26)16-7-10-20-19(13-16)22-18(21(28-20)15-5-3-2-4-6-15)9-8-17(32-22)14-31-23(30)27-11-12-29/h2-7,10,13,17-18,21-22,28-29H,8-9,11-12,14H2,1H3,(H,27,30)/t17?,18?,21-,22?/m0/s1. The van der Waals surface area contributed by atoms with E-state index in [1.807, 2.05) is 18.2 Å². The smallest absolute Gasteiger partial charge is 0.407 e. The number of carbonyl (C=O) groups excluding carboxylic acids is 1. The van der Waals surface area contributed by atoms with Crippen LogP contribution in [0.5, 0.6) is 0 Å². The van der Waals surface area contributed by atoms with Gasteiger partial charge in [0.2, 0.25) is 0 Å². The van der Waals surface area contributed by atoms with Crippen molar-refractivity contribution >= 4 is 11.8 Å². The zero-order valence-corrected chi connectivity index (χ0v) is 17.9. The quantitative estimate of drug-likeness (QED) is 0.608. The van der Waals surface area contributed by atoms with Crippen molar-refractivity contribution in [3.05, 3.63) is 65.2 Å². The first-order valence-corrected chi connectivity index (χ1v) is 10.9. The lowest BCUT2D eigenvalue weighted by molar-refractivity contribution is -0.111. The Morgan fingerprint density at radius 1 is 1.25 bits per heavy atom. The Balaban J connectivity index is 1.59. The zero-order valence-electron chi connectivity index (χ0n) is 17.9. The van der Waals surface area contributed by atoms with Crippen LogP contribution in [0.15, 0.2) is 48.5 Å². The maximum Gasteiger partial charge on any atom is 0.407 e. The third-order valence-corrected chi connectivity index (χ3v) is 6.09. The largest absolute Gasteiger partial charge is 0.447 e. The van der Waals surface area contributed by atoms with Crippen molar-refractivity contribution in [3.8, 4) is 0 Å². The third kappa shape index (κ3) is 4.86. The van der Waals surface area contributed by atoms with Crippen LogP contribution in [0, 0.1) is 5.92 Å². The average molecular weight is 446 g/mol. The van der Waals surface area contributed by atoms with Gasteiger partial charge in [-0.05, 0) is 30.5 Å². The van der Waals surface area contributed by atoms with Crippen molar-refractivity contribution in [2.75, 3.05) is 25.1 Å². The first kappa shape index (κ1) is 22.5. The van der Waals surface area contributed by atoms with E-state index in [4.69, 9.17) is 14.6 Å². The molecule has 6 nitrogen and oxygen atoms in total. The molecule has 0 bridgehead atoms. The van der Waals surface area contributed by atoms with E-state index in [-0.39, 0.29) is 43.4 Å². The summed E-state index contributed by atoms with van der Waals surface area (Å²) in [6, 6.07) is 14.7. The Kier molecular flexibility index (Phi) is 6.62. The molecule has 2 aliphatic rings. The number of rotatable bonds is 6.